The van der Waals surface area contributed by atoms with Crippen LogP contribution in [0, 0.1) is 0 Å². The summed E-state index contributed by atoms with van der Waals surface area (Å²) in [4.78, 5) is 42.1. The maximum Gasteiger partial charge on any atom is 0.408 e. The van der Waals surface area contributed by atoms with Gasteiger partial charge in [0.1, 0.15) is 23.4 Å². The Morgan fingerprint density at radius 3 is 2.15 bits per heavy atom. The van der Waals surface area contributed by atoms with Gasteiger partial charge in [0.25, 0.3) is 5.91 Å². The van der Waals surface area contributed by atoms with Crippen molar-refractivity contribution in [3.8, 4) is 5.75 Å². The molecule has 214 valence electrons. The van der Waals surface area contributed by atoms with Gasteiger partial charge in [-0.25, -0.2) is 4.79 Å². The van der Waals surface area contributed by atoms with E-state index < -0.39 is 23.8 Å². The van der Waals surface area contributed by atoms with Crippen LogP contribution in [0.1, 0.15) is 64.6 Å². The molecule has 2 atom stereocenters. The predicted molar refractivity (Wildman–Crippen MR) is 158 cm³/mol. The fourth-order valence-electron chi connectivity index (χ4n) is 4.04. The topological polar surface area (TPSA) is 97.0 Å². The second kappa shape index (κ2) is 15.4. The van der Waals surface area contributed by atoms with E-state index >= 15 is 0 Å². The summed E-state index contributed by atoms with van der Waals surface area (Å²) in [6, 6.07) is 13.0. The third-order valence-corrected chi connectivity index (χ3v) is 6.61. The molecule has 0 spiro atoms. The second-order valence-corrected chi connectivity index (χ2v) is 11.2. The van der Waals surface area contributed by atoms with Crippen molar-refractivity contribution in [1.82, 2.24) is 10.2 Å². The average molecular weight is 558 g/mol. The van der Waals surface area contributed by atoms with Crippen molar-refractivity contribution in [3.63, 3.8) is 0 Å². The first kappa shape index (κ1) is 32.0. The number of thioether (sulfide) groups is 1. The molecule has 0 saturated carbocycles. The van der Waals surface area contributed by atoms with Crippen LogP contribution in [0.5, 0.6) is 5.75 Å². The van der Waals surface area contributed by atoms with Crippen LogP contribution in [0.2, 0.25) is 0 Å². The summed E-state index contributed by atoms with van der Waals surface area (Å²) in [6.07, 6.45) is 3.18. The van der Waals surface area contributed by atoms with E-state index in [1.54, 1.807) is 68.8 Å². The van der Waals surface area contributed by atoms with Crippen molar-refractivity contribution in [2.75, 3.05) is 31.0 Å². The monoisotopic (exact) mass is 557 g/mol. The van der Waals surface area contributed by atoms with Crippen LogP contribution in [0.4, 0.5) is 10.5 Å². The Morgan fingerprint density at radius 2 is 1.64 bits per heavy atom. The molecule has 2 rings (SSSR count). The number of benzene rings is 2. The van der Waals surface area contributed by atoms with Gasteiger partial charge >= 0.3 is 6.09 Å². The van der Waals surface area contributed by atoms with Gasteiger partial charge in [0, 0.05) is 12.2 Å². The fourth-order valence-corrected chi connectivity index (χ4v) is 4.52. The summed E-state index contributed by atoms with van der Waals surface area (Å²) in [5, 5.41) is 5.73. The Labute approximate surface area is 237 Å². The lowest BCUT2D eigenvalue weighted by Crippen LogP contribution is -2.52. The Morgan fingerprint density at radius 1 is 1.00 bits per heavy atom. The number of hydrogen-bond donors (Lipinski definition) is 2. The van der Waals surface area contributed by atoms with E-state index in [2.05, 4.69) is 17.6 Å². The van der Waals surface area contributed by atoms with Crippen molar-refractivity contribution in [1.29, 1.82) is 0 Å². The first-order chi connectivity index (χ1) is 18.5. The van der Waals surface area contributed by atoms with Gasteiger partial charge in [0.15, 0.2) is 0 Å². The number of anilines is 1. The van der Waals surface area contributed by atoms with Gasteiger partial charge in [-0.2, -0.15) is 11.8 Å². The molecule has 0 aliphatic carbocycles. The SMILES string of the molecule is CCCN(C(=O)C(CCSC)NC(=O)OC(C)(C)C)C(C(=O)Nc1ccc(OC)cc1)c1ccc(CC)cc1. The van der Waals surface area contributed by atoms with Crippen molar-refractivity contribution < 1.29 is 23.9 Å². The summed E-state index contributed by atoms with van der Waals surface area (Å²) in [6.45, 7) is 9.67. The van der Waals surface area contributed by atoms with Crippen LogP contribution in [0.15, 0.2) is 48.5 Å². The fraction of sp³-hybridized carbons (Fsp3) is 0.500. The third-order valence-electron chi connectivity index (χ3n) is 5.97. The Hall–Kier alpha value is -3.20. The summed E-state index contributed by atoms with van der Waals surface area (Å²) in [5.41, 5.74) is 1.71. The molecule has 39 heavy (non-hydrogen) atoms. The molecule has 0 bridgehead atoms. The zero-order chi connectivity index (χ0) is 29.0. The Balaban J connectivity index is 2.47. The minimum atomic E-state index is -0.900. The van der Waals surface area contributed by atoms with Crippen molar-refractivity contribution in [2.45, 2.75) is 71.6 Å². The number of methoxy groups -OCH3 is 1. The lowest BCUT2D eigenvalue weighted by atomic mass is 10.00. The number of rotatable bonds is 13. The summed E-state index contributed by atoms with van der Waals surface area (Å²) in [7, 11) is 1.58. The highest BCUT2D eigenvalue weighted by atomic mass is 32.2. The van der Waals surface area contributed by atoms with Crippen LogP contribution < -0.4 is 15.4 Å². The third kappa shape index (κ3) is 10.1. The molecule has 2 unspecified atom stereocenters. The Kier molecular flexibility index (Phi) is 12.6. The molecule has 2 aromatic carbocycles. The van der Waals surface area contributed by atoms with E-state index in [-0.39, 0.29) is 11.8 Å². The molecule has 3 amide bonds. The van der Waals surface area contributed by atoms with Gasteiger partial charge in [-0.1, -0.05) is 38.1 Å². The number of nitrogens with zero attached hydrogens (tertiary/aromatic N) is 1. The molecular formula is C30H43N3O5S. The number of ether oxygens (including phenoxy) is 2. The highest BCUT2D eigenvalue weighted by Crippen LogP contribution is 2.26. The molecule has 0 aliphatic heterocycles. The maximum atomic E-state index is 14.1. The minimum Gasteiger partial charge on any atom is -0.497 e. The normalized spacial score (nSPS) is 12.7. The zero-order valence-electron chi connectivity index (χ0n) is 24.2. The molecule has 0 aromatic heterocycles. The van der Waals surface area contributed by atoms with Gasteiger partial charge in [0.2, 0.25) is 5.91 Å². The number of alkyl carbamates (subject to hydrolysis) is 1. The second-order valence-electron chi connectivity index (χ2n) is 10.2. The lowest BCUT2D eigenvalue weighted by molar-refractivity contribution is -0.140. The molecule has 9 heteroatoms. The van der Waals surface area contributed by atoms with Gasteiger partial charge in [-0.3, -0.25) is 9.59 Å². The van der Waals surface area contributed by atoms with Crippen LogP contribution in [0.25, 0.3) is 0 Å². The number of hydrogen-bond acceptors (Lipinski definition) is 6. The molecule has 0 fully saturated rings. The molecular weight excluding hydrogens is 514 g/mol. The highest BCUT2D eigenvalue weighted by Gasteiger charge is 2.36. The highest BCUT2D eigenvalue weighted by molar-refractivity contribution is 7.98. The number of amides is 3. The van der Waals surface area contributed by atoms with Gasteiger partial charge in [-0.15, -0.1) is 0 Å². The number of aryl methyl sites for hydroxylation is 1. The van der Waals surface area contributed by atoms with Crippen molar-refractivity contribution in [2.24, 2.45) is 0 Å². The molecule has 2 aromatic rings. The lowest BCUT2D eigenvalue weighted by Gasteiger charge is -2.34. The van der Waals surface area contributed by atoms with E-state index in [0.29, 0.717) is 42.1 Å². The van der Waals surface area contributed by atoms with Gasteiger partial charge < -0.3 is 25.0 Å². The number of carbonyl (C=O) groups is 3. The summed E-state index contributed by atoms with van der Waals surface area (Å²) < 4.78 is 10.7. The van der Waals surface area contributed by atoms with Gasteiger partial charge in [-0.05, 0) is 87.4 Å². The minimum absolute atomic E-state index is 0.328. The van der Waals surface area contributed by atoms with Crippen molar-refractivity contribution >= 4 is 35.4 Å². The quantitative estimate of drug-likeness (QED) is 0.322. The van der Waals surface area contributed by atoms with E-state index in [1.165, 1.54) is 0 Å². The molecule has 0 radical (unpaired) electrons. The molecule has 0 heterocycles. The van der Waals surface area contributed by atoms with E-state index in [4.69, 9.17) is 9.47 Å². The van der Waals surface area contributed by atoms with E-state index in [9.17, 15) is 14.4 Å². The average Bonchev–Trinajstić information content (AvgIpc) is 2.90. The molecule has 0 aliphatic rings. The van der Waals surface area contributed by atoms with Crippen LogP contribution in [-0.4, -0.2) is 60.1 Å². The van der Waals surface area contributed by atoms with Crippen LogP contribution in [0.3, 0.4) is 0 Å². The van der Waals surface area contributed by atoms with Crippen LogP contribution >= 0.6 is 11.8 Å². The maximum absolute atomic E-state index is 14.1. The first-order valence-electron chi connectivity index (χ1n) is 13.4. The molecule has 2 N–H and O–H groups in total. The smallest absolute Gasteiger partial charge is 0.408 e. The van der Waals surface area contributed by atoms with Gasteiger partial charge in [0.05, 0.1) is 7.11 Å². The number of nitrogens with one attached hydrogen (secondary N) is 2. The molecule has 8 nitrogen and oxygen atoms in total. The first-order valence-corrected chi connectivity index (χ1v) is 14.7. The standard InChI is InChI=1S/C30H43N3O5S/c1-8-19-33(28(35)25(18-20-39-7)32-29(36)38-30(3,4)5)26(22-12-10-21(9-2)11-13-22)27(34)31-23-14-16-24(37-6)17-15-23/h10-17,25-26H,8-9,18-20H2,1-7H3,(H,31,34)(H,32,36). The largest absolute Gasteiger partial charge is 0.497 e. The summed E-state index contributed by atoms with van der Waals surface area (Å²) >= 11 is 1.58. The van der Waals surface area contributed by atoms with Crippen molar-refractivity contribution in [3.05, 3.63) is 59.7 Å². The summed E-state index contributed by atoms with van der Waals surface area (Å²) in [5.74, 6) is 0.658. The van der Waals surface area contributed by atoms with E-state index in [0.717, 1.165) is 12.0 Å². The Bertz CT molecular complexity index is 1070. The number of carbonyl (C=O) groups excluding carboxylic acids is 3. The van der Waals surface area contributed by atoms with E-state index in [1.807, 2.05) is 37.4 Å². The van der Waals surface area contributed by atoms with Crippen LogP contribution in [-0.2, 0) is 20.7 Å². The predicted octanol–water partition coefficient (Wildman–Crippen LogP) is 5.82. The zero-order valence-corrected chi connectivity index (χ0v) is 25.0. The molecule has 0 saturated heterocycles.